The van der Waals surface area contributed by atoms with E-state index >= 15 is 0 Å². The topological polar surface area (TPSA) is 17.3 Å². The zero-order chi connectivity index (χ0) is 17.2. The van der Waals surface area contributed by atoms with Crippen molar-refractivity contribution < 1.29 is 16.3 Å². The second kappa shape index (κ2) is 7.55. The Labute approximate surface area is 164 Å². The van der Waals surface area contributed by atoms with Gasteiger partial charge < -0.3 is 4.40 Å². The van der Waals surface area contributed by atoms with Crippen molar-refractivity contribution in [3.8, 4) is 0 Å². The fraction of sp³-hybridized carbons (Fsp3) is 0.286. The molecule has 2 aromatic carbocycles. The Balaban J connectivity index is 0.000000758. The van der Waals surface area contributed by atoms with E-state index in [2.05, 4.69) is 65.6 Å². The molecular formula is C21H19BrN2Zn. The number of pyridine rings is 1. The van der Waals surface area contributed by atoms with E-state index < -0.39 is 0 Å². The molecule has 5 rings (SSSR count). The first-order valence-electron chi connectivity index (χ1n) is 8.88. The van der Waals surface area contributed by atoms with Crippen molar-refractivity contribution in [2.24, 2.45) is 0 Å². The Hall–Kier alpha value is -1.25. The van der Waals surface area contributed by atoms with Gasteiger partial charge in [0.05, 0.1) is 5.65 Å². The van der Waals surface area contributed by atoms with E-state index in [4.69, 9.17) is 0 Å². The molecule has 0 atom stereocenters. The molecule has 0 saturated heterocycles. The van der Waals surface area contributed by atoms with Gasteiger partial charge in [-0.05, 0) is 35.8 Å². The minimum atomic E-state index is 0.731. The third-order valence-corrected chi connectivity index (χ3v) is 5.37. The van der Waals surface area contributed by atoms with Crippen LogP contribution in [0, 0.1) is 6.07 Å². The second-order valence-electron chi connectivity index (χ2n) is 6.69. The van der Waals surface area contributed by atoms with Gasteiger partial charge in [0.25, 0.3) is 0 Å². The smallest absolute Gasteiger partial charge is 0.0608 e. The fourth-order valence-electron chi connectivity index (χ4n) is 4.20. The van der Waals surface area contributed by atoms with E-state index in [1.165, 1.54) is 70.3 Å². The minimum absolute atomic E-state index is 0.731. The van der Waals surface area contributed by atoms with Gasteiger partial charge in [-0.3, -0.25) is 4.98 Å². The molecule has 2 heterocycles. The molecule has 0 radical (unpaired) electrons. The monoisotopic (exact) mass is 442 g/mol. The Morgan fingerprint density at radius 1 is 1.08 bits per heavy atom. The number of aromatic nitrogens is 2. The van der Waals surface area contributed by atoms with Crippen LogP contribution in [0.3, 0.4) is 0 Å². The number of imidazole rings is 1. The average Bonchev–Trinajstić information content (AvgIpc) is 3.20. The molecule has 1 fully saturated rings. The number of rotatable bonds is 1. The molecule has 1 aliphatic rings. The summed E-state index contributed by atoms with van der Waals surface area (Å²) in [6.07, 6.45) is 10.8. The first-order valence-corrected chi connectivity index (χ1v) is 15.8. The van der Waals surface area contributed by atoms with Crippen molar-refractivity contribution in [3.05, 3.63) is 60.4 Å². The molecule has 0 bridgehead atoms. The van der Waals surface area contributed by atoms with Gasteiger partial charge in [-0.15, -0.1) is 29.7 Å². The maximum absolute atomic E-state index is 4.54. The van der Waals surface area contributed by atoms with E-state index in [1.54, 1.807) is 0 Å². The molecule has 2 aromatic heterocycles. The van der Waals surface area contributed by atoms with Crippen molar-refractivity contribution in [1.29, 1.82) is 0 Å². The van der Waals surface area contributed by atoms with Crippen LogP contribution in [-0.2, 0) is 16.3 Å². The van der Waals surface area contributed by atoms with Gasteiger partial charge in [0.1, 0.15) is 0 Å². The van der Waals surface area contributed by atoms with Crippen molar-refractivity contribution >= 4 is 40.9 Å². The standard InChI is InChI=1S/C21H19N2.BrH.Zn/c1-2-6-15(7-3-1)16-10-11-20-19(14-16)17-8-4-5-9-18(17)21-22-12-13-23(20)21;;/h4-5,8,10-15H,1-3,6-7H2;1H;/q-1;;+2/p-1. The van der Waals surface area contributed by atoms with Gasteiger partial charge in [0.15, 0.2) is 0 Å². The van der Waals surface area contributed by atoms with Crippen LogP contribution < -0.4 is 0 Å². The van der Waals surface area contributed by atoms with E-state index in [0.717, 1.165) is 17.0 Å². The summed E-state index contributed by atoms with van der Waals surface area (Å²) in [4.78, 5) is 4.54. The summed E-state index contributed by atoms with van der Waals surface area (Å²) in [5.74, 6) is 0.731. The minimum Gasteiger partial charge on any atom is -0.340 e. The van der Waals surface area contributed by atoms with Crippen molar-refractivity contribution in [2.75, 3.05) is 0 Å². The third-order valence-electron chi connectivity index (χ3n) is 5.37. The quantitative estimate of drug-likeness (QED) is 0.190. The molecule has 4 heteroatoms. The third kappa shape index (κ3) is 3.04. The first kappa shape index (κ1) is 17.2. The number of hydrogen-bond acceptors (Lipinski definition) is 1. The number of halogens is 1. The largest absolute Gasteiger partial charge is 0.340 e. The number of hydrogen-bond donors (Lipinski definition) is 0. The van der Waals surface area contributed by atoms with Crippen LogP contribution in [0.4, 0.5) is 0 Å². The van der Waals surface area contributed by atoms with Gasteiger partial charge >= 0.3 is 30.0 Å². The van der Waals surface area contributed by atoms with Crippen LogP contribution in [0.2, 0.25) is 0 Å². The molecule has 0 aliphatic heterocycles. The van der Waals surface area contributed by atoms with E-state index in [9.17, 15) is 0 Å². The summed E-state index contributed by atoms with van der Waals surface area (Å²) in [5.41, 5.74) is 3.74. The number of fused-ring (bicyclic) bond motifs is 6. The number of nitrogens with zero attached hydrogens (tertiary/aromatic N) is 2. The molecule has 0 unspecified atom stereocenters. The molecule has 0 N–H and O–H groups in total. The van der Waals surface area contributed by atoms with Gasteiger partial charge in [0.2, 0.25) is 0 Å². The van der Waals surface area contributed by atoms with Crippen molar-refractivity contribution in [3.63, 3.8) is 0 Å². The summed E-state index contributed by atoms with van der Waals surface area (Å²) in [7, 11) is 0. The van der Waals surface area contributed by atoms with Crippen LogP contribution in [0.15, 0.2) is 48.8 Å². The van der Waals surface area contributed by atoms with Crippen LogP contribution in [0.1, 0.15) is 43.6 Å². The Kier molecular flexibility index (Phi) is 5.19. The van der Waals surface area contributed by atoms with Crippen LogP contribution in [0.5, 0.6) is 0 Å². The summed E-state index contributed by atoms with van der Waals surface area (Å²) >= 11 is 4.25. The van der Waals surface area contributed by atoms with Crippen LogP contribution in [0.25, 0.3) is 27.3 Å². The van der Waals surface area contributed by atoms with Gasteiger partial charge in [-0.25, -0.2) is 0 Å². The Bertz CT molecular complexity index is 1020. The molecule has 2 nitrogen and oxygen atoms in total. The summed E-state index contributed by atoms with van der Waals surface area (Å²) in [5, 5.41) is 3.70. The van der Waals surface area contributed by atoms with E-state index in [1.807, 2.05) is 12.3 Å². The molecule has 122 valence electrons. The zero-order valence-corrected chi connectivity index (χ0v) is 18.8. The Morgan fingerprint density at radius 2 is 1.92 bits per heavy atom. The molecule has 1 saturated carbocycles. The first-order chi connectivity index (χ1) is 12.4. The number of benzene rings is 2. The van der Waals surface area contributed by atoms with E-state index in [-0.39, 0.29) is 0 Å². The molecule has 25 heavy (non-hydrogen) atoms. The van der Waals surface area contributed by atoms with Crippen LogP contribution >= 0.6 is 13.6 Å². The van der Waals surface area contributed by atoms with Gasteiger partial charge in [-0.2, -0.15) is 0 Å². The van der Waals surface area contributed by atoms with Crippen molar-refractivity contribution in [2.45, 2.75) is 38.0 Å². The molecule has 0 spiro atoms. The summed E-state index contributed by atoms with van der Waals surface area (Å²) in [6.45, 7) is 0. The normalized spacial score (nSPS) is 15.5. The SMILES string of the molecule is [Zn+][Br].[c-]1cccc2c1c1nccn1c1ccc(C3CCCCC3)cc21. The zero-order valence-electron chi connectivity index (χ0n) is 14.2. The van der Waals surface area contributed by atoms with Crippen molar-refractivity contribution in [1.82, 2.24) is 9.38 Å². The fourth-order valence-corrected chi connectivity index (χ4v) is 4.20. The summed E-state index contributed by atoms with van der Waals surface area (Å²) < 4.78 is 2.19. The predicted octanol–water partition coefficient (Wildman–Crippen LogP) is 6.33. The average molecular weight is 445 g/mol. The maximum Gasteiger partial charge on any atom is 0.0608 e. The van der Waals surface area contributed by atoms with Crippen LogP contribution in [-0.4, -0.2) is 9.38 Å². The predicted molar refractivity (Wildman–Crippen MR) is 104 cm³/mol. The maximum atomic E-state index is 4.54. The van der Waals surface area contributed by atoms with E-state index in [0.29, 0.717) is 0 Å². The van der Waals surface area contributed by atoms with Gasteiger partial charge in [-0.1, -0.05) is 36.8 Å². The van der Waals surface area contributed by atoms with Gasteiger partial charge in [0, 0.05) is 17.9 Å². The molecule has 1 aliphatic carbocycles. The second-order valence-corrected chi connectivity index (χ2v) is 6.69. The molecule has 0 amide bonds. The molecular weight excluding hydrogens is 426 g/mol. The summed E-state index contributed by atoms with van der Waals surface area (Å²) in [6, 6.07) is 16.7. The molecule has 4 aromatic rings. The Morgan fingerprint density at radius 3 is 2.76 bits per heavy atom.